The first-order valence-electron chi connectivity index (χ1n) is 4.53. The first kappa shape index (κ1) is 12.9. The summed E-state index contributed by atoms with van der Waals surface area (Å²) in [4.78, 5) is 0. The molecule has 2 N–H and O–H groups in total. The minimum absolute atomic E-state index is 0.0121. The van der Waals surface area contributed by atoms with Crippen LogP contribution in [0.1, 0.15) is 11.1 Å². The first-order chi connectivity index (χ1) is 7.30. The summed E-state index contributed by atoms with van der Waals surface area (Å²) in [5.41, 5.74) is 4.06. The fraction of sp³-hybridized carbons (Fsp3) is 0.400. The van der Waals surface area contributed by atoms with Crippen molar-refractivity contribution in [2.75, 3.05) is 6.54 Å². The van der Waals surface area contributed by atoms with Crippen molar-refractivity contribution in [3.63, 3.8) is 0 Å². The Labute approximate surface area is 89.1 Å². The fourth-order valence-electron chi connectivity index (χ4n) is 1.35. The van der Waals surface area contributed by atoms with Crippen molar-refractivity contribution < 1.29 is 22.0 Å². The summed E-state index contributed by atoms with van der Waals surface area (Å²) in [5, 5.41) is 0. The van der Waals surface area contributed by atoms with Crippen molar-refractivity contribution in [2.45, 2.75) is 18.5 Å². The molecule has 0 saturated carbocycles. The van der Waals surface area contributed by atoms with Crippen molar-refractivity contribution in [1.29, 1.82) is 0 Å². The molecule has 0 aromatic heterocycles. The van der Waals surface area contributed by atoms with Gasteiger partial charge in [-0.3, -0.25) is 0 Å². The van der Waals surface area contributed by atoms with Crippen LogP contribution in [-0.2, 0) is 12.3 Å². The molecular weight excluding hydrogens is 229 g/mol. The topological polar surface area (TPSA) is 26.0 Å². The molecule has 0 aliphatic heterocycles. The van der Waals surface area contributed by atoms with E-state index in [2.05, 4.69) is 0 Å². The van der Waals surface area contributed by atoms with E-state index < -0.39 is 17.7 Å². The van der Waals surface area contributed by atoms with E-state index in [4.69, 9.17) is 5.73 Å². The molecule has 1 rings (SSSR count). The highest BCUT2D eigenvalue weighted by Gasteiger charge is 2.59. The Bertz CT molecular complexity index is 358. The van der Waals surface area contributed by atoms with Gasteiger partial charge in [-0.15, -0.1) is 0 Å². The normalized spacial score (nSPS) is 12.9. The molecule has 0 bridgehead atoms. The van der Waals surface area contributed by atoms with E-state index in [1.807, 2.05) is 0 Å². The van der Waals surface area contributed by atoms with Crippen molar-refractivity contribution in [1.82, 2.24) is 0 Å². The van der Waals surface area contributed by atoms with Crippen LogP contribution in [0.5, 0.6) is 0 Å². The van der Waals surface area contributed by atoms with Gasteiger partial charge in [-0.2, -0.15) is 22.0 Å². The molecule has 0 heterocycles. The molecule has 1 aromatic carbocycles. The molecule has 0 aliphatic rings. The van der Waals surface area contributed by atoms with Gasteiger partial charge in [0.15, 0.2) is 0 Å². The number of hydrogen-bond acceptors (Lipinski definition) is 1. The highest BCUT2D eigenvalue weighted by atomic mass is 19.4. The van der Waals surface area contributed by atoms with Crippen LogP contribution in [0, 0.1) is 0 Å². The van der Waals surface area contributed by atoms with Crippen LogP contribution in [0.15, 0.2) is 24.3 Å². The zero-order valence-electron chi connectivity index (χ0n) is 8.19. The van der Waals surface area contributed by atoms with Crippen molar-refractivity contribution >= 4 is 0 Å². The Hall–Kier alpha value is -1.17. The second kappa shape index (κ2) is 4.37. The van der Waals surface area contributed by atoms with Crippen LogP contribution < -0.4 is 5.73 Å². The summed E-state index contributed by atoms with van der Waals surface area (Å²) in [6.45, 7) is 0.0188. The monoisotopic (exact) mass is 239 g/mol. The lowest BCUT2D eigenvalue weighted by atomic mass is 9.99. The Morgan fingerprint density at radius 2 is 1.56 bits per heavy atom. The predicted molar refractivity (Wildman–Crippen MR) is 49.1 cm³/mol. The quantitative estimate of drug-likeness (QED) is 0.806. The maximum absolute atomic E-state index is 13.1. The van der Waals surface area contributed by atoms with Crippen LogP contribution in [-0.4, -0.2) is 12.7 Å². The molecule has 90 valence electrons. The summed E-state index contributed by atoms with van der Waals surface area (Å²) in [6, 6.07) is 4.55. The second-order valence-corrected chi connectivity index (χ2v) is 3.27. The predicted octanol–water partition coefficient (Wildman–Crippen LogP) is 2.84. The van der Waals surface area contributed by atoms with E-state index in [-0.39, 0.29) is 18.5 Å². The Kier molecular flexibility index (Phi) is 3.52. The zero-order valence-corrected chi connectivity index (χ0v) is 8.19. The van der Waals surface area contributed by atoms with Crippen LogP contribution in [0.2, 0.25) is 0 Å². The van der Waals surface area contributed by atoms with Crippen LogP contribution in [0.25, 0.3) is 0 Å². The molecular formula is C10H10F5N. The van der Waals surface area contributed by atoms with Crippen LogP contribution in [0.4, 0.5) is 22.0 Å². The van der Waals surface area contributed by atoms with Crippen LogP contribution in [0.3, 0.4) is 0 Å². The van der Waals surface area contributed by atoms with Gasteiger partial charge < -0.3 is 5.73 Å². The molecule has 0 aliphatic carbocycles. The van der Waals surface area contributed by atoms with E-state index in [0.717, 1.165) is 12.1 Å². The molecule has 0 radical (unpaired) electrons. The van der Waals surface area contributed by atoms with Gasteiger partial charge in [0.1, 0.15) is 0 Å². The second-order valence-electron chi connectivity index (χ2n) is 3.27. The van der Waals surface area contributed by atoms with Gasteiger partial charge >= 0.3 is 12.1 Å². The van der Waals surface area contributed by atoms with Gasteiger partial charge in [0.2, 0.25) is 0 Å². The maximum Gasteiger partial charge on any atom is 0.458 e. The SMILES string of the molecule is NCCc1ccccc1C(F)(F)C(F)(F)F. The van der Waals surface area contributed by atoms with Crippen molar-refractivity contribution in [3.8, 4) is 0 Å². The molecule has 1 nitrogen and oxygen atoms in total. The van der Waals surface area contributed by atoms with Gasteiger partial charge in [-0.25, -0.2) is 0 Å². The van der Waals surface area contributed by atoms with E-state index in [1.165, 1.54) is 12.1 Å². The number of benzene rings is 1. The van der Waals surface area contributed by atoms with E-state index in [0.29, 0.717) is 0 Å². The Balaban J connectivity index is 3.21. The third-order valence-electron chi connectivity index (χ3n) is 2.13. The lowest BCUT2D eigenvalue weighted by molar-refractivity contribution is -0.289. The number of alkyl halides is 5. The standard InChI is InChI=1S/C10H10F5N/c11-9(12,10(13,14)15)8-4-2-1-3-7(8)5-6-16/h1-4H,5-6,16H2. The van der Waals surface area contributed by atoms with Gasteiger partial charge in [-0.1, -0.05) is 24.3 Å². The minimum atomic E-state index is -5.59. The number of halogens is 5. The maximum atomic E-state index is 13.1. The van der Waals surface area contributed by atoms with Gasteiger partial charge in [0.05, 0.1) is 0 Å². The molecule has 0 saturated heterocycles. The molecule has 0 unspecified atom stereocenters. The summed E-state index contributed by atoms with van der Waals surface area (Å²) < 4.78 is 62.6. The molecule has 0 atom stereocenters. The summed E-state index contributed by atoms with van der Waals surface area (Å²) in [5.74, 6) is -4.83. The third-order valence-corrected chi connectivity index (χ3v) is 2.13. The van der Waals surface area contributed by atoms with Gasteiger partial charge in [0.25, 0.3) is 0 Å². The zero-order chi connectivity index (χ0) is 12.4. The average molecular weight is 239 g/mol. The largest absolute Gasteiger partial charge is 0.458 e. The highest BCUT2D eigenvalue weighted by Crippen LogP contribution is 2.44. The summed E-state index contributed by atoms with van der Waals surface area (Å²) >= 11 is 0. The lowest BCUT2D eigenvalue weighted by Crippen LogP contribution is -2.34. The van der Waals surface area contributed by atoms with Crippen molar-refractivity contribution in [3.05, 3.63) is 35.4 Å². The molecule has 16 heavy (non-hydrogen) atoms. The van der Waals surface area contributed by atoms with Gasteiger partial charge in [0, 0.05) is 5.56 Å². The Morgan fingerprint density at radius 1 is 1.00 bits per heavy atom. The van der Waals surface area contributed by atoms with Gasteiger partial charge in [-0.05, 0) is 18.5 Å². The smallest absolute Gasteiger partial charge is 0.330 e. The summed E-state index contributed by atoms with van der Waals surface area (Å²) in [6.07, 6.45) is -5.60. The fourth-order valence-corrected chi connectivity index (χ4v) is 1.35. The molecule has 0 amide bonds. The summed E-state index contributed by atoms with van der Waals surface area (Å²) in [7, 11) is 0. The van der Waals surface area contributed by atoms with E-state index in [9.17, 15) is 22.0 Å². The molecule has 1 aromatic rings. The lowest BCUT2D eigenvalue weighted by Gasteiger charge is -2.22. The number of hydrogen-bond donors (Lipinski definition) is 1. The van der Waals surface area contributed by atoms with Crippen molar-refractivity contribution in [2.24, 2.45) is 5.73 Å². The molecule has 0 fully saturated rings. The molecule has 0 spiro atoms. The third kappa shape index (κ3) is 2.32. The average Bonchev–Trinajstić information content (AvgIpc) is 2.17. The Morgan fingerprint density at radius 3 is 2.06 bits per heavy atom. The number of nitrogens with two attached hydrogens (primary N) is 1. The highest BCUT2D eigenvalue weighted by molar-refractivity contribution is 5.32. The minimum Gasteiger partial charge on any atom is -0.330 e. The van der Waals surface area contributed by atoms with Crippen LogP contribution >= 0.6 is 0 Å². The molecule has 6 heteroatoms. The van der Waals surface area contributed by atoms with E-state index in [1.54, 1.807) is 0 Å². The number of rotatable bonds is 3. The first-order valence-corrected chi connectivity index (χ1v) is 4.53. The van der Waals surface area contributed by atoms with E-state index >= 15 is 0 Å².